The monoisotopic (exact) mass is 266 g/mol. The number of nitrogens with zero attached hydrogens (tertiary/aromatic N) is 1. The Morgan fingerprint density at radius 1 is 1.50 bits per heavy atom. The van der Waals surface area contributed by atoms with Crippen molar-refractivity contribution in [2.24, 2.45) is 11.3 Å². The van der Waals surface area contributed by atoms with Gasteiger partial charge in [-0.15, -0.1) is 11.3 Å². The van der Waals surface area contributed by atoms with E-state index >= 15 is 0 Å². The van der Waals surface area contributed by atoms with Crippen molar-refractivity contribution in [1.82, 2.24) is 10.3 Å². The summed E-state index contributed by atoms with van der Waals surface area (Å²) in [5.74, 6) is 0.578. The molecule has 3 unspecified atom stereocenters. The van der Waals surface area contributed by atoms with Crippen LogP contribution in [0.25, 0.3) is 0 Å². The highest BCUT2D eigenvalue weighted by molar-refractivity contribution is 7.09. The van der Waals surface area contributed by atoms with E-state index in [0.29, 0.717) is 11.3 Å². The lowest BCUT2D eigenvalue weighted by atomic mass is 9.82. The first kappa shape index (κ1) is 12.6. The molecule has 1 aromatic heterocycles. The zero-order valence-electron chi connectivity index (χ0n) is 11.4. The lowest BCUT2D eigenvalue weighted by molar-refractivity contribution is -0.121. The van der Waals surface area contributed by atoms with Crippen LogP contribution in [-0.2, 0) is 4.74 Å². The van der Waals surface area contributed by atoms with Crippen LogP contribution in [0, 0.1) is 11.3 Å². The number of hydrogen-bond donors (Lipinski definition) is 1. The molecule has 3 atom stereocenters. The number of hydrogen-bond acceptors (Lipinski definition) is 4. The molecule has 0 bridgehead atoms. The summed E-state index contributed by atoms with van der Waals surface area (Å²) in [5, 5.41) is 6.88. The fourth-order valence-electron chi connectivity index (χ4n) is 3.95. The van der Waals surface area contributed by atoms with Crippen molar-refractivity contribution in [3.8, 4) is 0 Å². The second kappa shape index (κ2) is 4.29. The SMILES string of the molecule is CC1CC(C)(C)CC12OCCNC2c1nccs1. The van der Waals surface area contributed by atoms with Crippen molar-refractivity contribution in [2.45, 2.75) is 45.3 Å². The highest BCUT2D eigenvalue weighted by Gasteiger charge is 2.56. The van der Waals surface area contributed by atoms with Crippen LogP contribution in [0.3, 0.4) is 0 Å². The second-order valence-electron chi connectivity index (χ2n) is 6.51. The van der Waals surface area contributed by atoms with Crippen LogP contribution >= 0.6 is 11.3 Å². The van der Waals surface area contributed by atoms with Gasteiger partial charge in [-0.05, 0) is 24.2 Å². The standard InChI is InChI=1S/C14H22N2OS/c1-10-8-13(2,3)9-14(10)11(15-4-6-17-14)12-16-5-7-18-12/h5,7,10-11,15H,4,6,8-9H2,1-3H3. The minimum atomic E-state index is -0.0559. The second-order valence-corrected chi connectivity index (χ2v) is 7.43. The lowest BCUT2D eigenvalue weighted by Gasteiger charge is -2.44. The number of morpholine rings is 1. The van der Waals surface area contributed by atoms with Gasteiger partial charge in [0.05, 0.1) is 18.2 Å². The maximum absolute atomic E-state index is 6.31. The Morgan fingerprint density at radius 3 is 2.94 bits per heavy atom. The zero-order valence-corrected chi connectivity index (χ0v) is 12.2. The molecular weight excluding hydrogens is 244 g/mol. The summed E-state index contributed by atoms with van der Waals surface area (Å²) in [6.45, 7) is 8.80. The molecule has 3 nitrogen and oxygen atoms in total. The molecule has 0 aromatic carbocycles. The summed E-state index contributed by atoms with van der Waals surface area (Å²) in [4.78, 5) is 4.52. The number of thiazole rings is 1. The van der Waals surface area contributed by atoms with E-state index < -0.39 is 0 Å². The Labute approximate surface area is 113 Å². The van der Waals surface area contributed by atoms with Crippen molar-refractivity contribution < 1.29 is 4.74 Å². The molecule has 2 heterocycles. The first-order chi connectivity index (χ1) is 8.54. The molecule has 1 saturated carbocycles. The van der Waals surface area contributed by atoms with E-state index in [9.17, 15) is 0 Å². The van der Waals surface area contributed by atoms with Crippen molar-refractivity contribution in [3.05, 3.63) is 16.6 Å². The Hall–Kier alpha value is -0.450. The number of aromatic nitrogens is 1. The number of nitrogens with one attached hydrogen (secondary N) is 1. The maximum Gasteiger partial charge on any atom is 0.112 e. The molecular formula is C14H22N2OS. The predicted molar refractivity (Wildman–Crippen MR) is 73.7 cm³/mol. The van der Waals surface area contributed by atoms with Gasteiger partial charge in [0.25, 0.3) is 0 Å². The van der Waals surface area contributed by atoms with Gasteiger partial charge in [-0.3, -0.25) is 0 Å². The van der Waals surface area contributed by atoms with Crippen LogP contribution in [0.2, 0.25) is 0 Å². The van der Waals surface area contributed by atoms with Gasteiger partial charge < -0.3 is 10.1 Å². The van der Waals surface area contributed by atoms with Crippen LogP contribution in [-0.4, -0.2) is 23.7 Å². The third kappa shape index (κ3) is 1.91. The van der Waals surface area contributed by atoms with E-state index in [4.69, 9.17) is 4.74 Å². The van der Waals surface area contributed by atoms with E-state index in [1.165, 1.54) is 11.4 Å². The zero-order chi connectivity index (χ0) is 12.8. The van der Waals surface area contributed by atoms with E-state index in [1.54, 1.807) is 11.3 Å². The van der Waals surface area contributed by atoms with Crippen molar-refractivity contribution in [3.63, 3.8) is 0 Å². The minimum Gasteiger partial charge on any atom is -0.371 e. The average molecular weight is 266 g/mol. The first-order valence-corrected chi connectivity index (χ1v) is 7.68. The fraction of sp³-hybridized carbons (Fsp3) is 0.786. The van der Waals surface area contributed by atoms with Gasteiger partial charge in [-0.2, -0.15) is 0 Å². The molecule has 100 valence electrons. The highest BCUT2D eigenvalue weighted by Crippen LogP contribution is 2.55. The highest BCUT2D eigenvalue weighted by atomic mass is 32.1. The van der Waals surface area contributed by atoms with Crippen LogP contribution < -0.4 is 5.32 Å². The van der Waals surface area contributed by atoms with Crippen LogP contribution in [0.1, 0.15) is 44.7 Å². The van der Waals surface area contributed by atoms with Gasteiger partial charge in [0, 0.05) is 18.1 Å². The Morgan fingerprint density at radius 2 is 2.33 bits per heavy atom. The van der Waals surface area contributed by atoms with Crippen LogP contribution in [0.5, 0.6) is 0 Å². The summed E-state index contributed by atoms with van der Waals surface area (Å²) < 4.78 is 6.31. The maximum atomic E-state index is 6.31. The number of rotatable bonds is 1. The van der Waals surface area contributed by atoms with Crippen molar-refractivity contribution in [1.29, 1.82) is 0 Å². The van der Waals surface area contributed by atoms with E-state index in [1.807, 2.05) is 6.20 Å². The van der Waals surface area contributed by atoms with Crippen molar-refractivity contribution >= 4 is 11.3 Å². The predicted octanol–water partition coefficient (Wildman–Crippen LogP) is 3.00. The molecule has 1 saturated heterocycles. The summed E-state index contributed by atoms with van der Waals surface area (Å²) in [6, 6.07) is 0.267. The molecule has 4 heteroatoms. The lowest BCUT2D eigenvalue weighted by Crippen LogP contribution is -2.54. The van der Waals surface area contributed by atoms with E-state index in [2.05, 4.69) is 36.5 Å². The molecule has 2 fully saturated rings. The average Bonchev–Trinajstić information content (AvgIpc) is 2.87. The summed E-state index contributed by atoms with van der Waals surface area (Å²) in [5.41, 5.74) is 0.313. The normalized spacial score (nSPS) is 39.3. The molecule has 1 aliphatic carbocycles. The first-order valence-electron chi connectivity index (χ1n) is 6.80. The van der Waals surface area contributed by atoms with Gasteiger partial charge in [0.2, 0.25) is 0 Å². The summed E-state index contributed by atoms with van der Waals surface area (Å²) in [6.07, 6.45) is 4.25. The molecule has 0 amide bonds. The molecule has 1 spiro atoms. The molecule has 2 aliphatic rings. The fourth-order valence-corrected chi connectivity index (χ4v) is 4.75. The Kier molecular flexibility index (Phi) is 3.00. The molecule has 0 radical (unpaired) electrons. The van der Waals surface area contributed by atoms with Gasteiger partial charge in [0.15, 0.2) is 0 Å². The van der Waals surface area contributed by atoms with E-state index in [0.717, 1.165) is 19.6 Å². The molecule has 1 N–H and O–H groups in total. The van der Waals surface area contributed by atoms with Crippen molar-refractivity contribution in [2.75, 3.05) is 13.2 Å². The quantitative estimate of drug-likeness (QED) is 0.848. The molecule has 18 heavy (non-hydrogen) atoms. The topological polar surface area (TPSA) is 34.1 Å². The number of ether oxygens (including phenoxy) is 1. The molecule has 1 aliphatic heterocycles. The van der Waals surface area contributed by atoms with Gasteiger partial charge >= 0.3 is 0 Å². The van der Waals surface area contributed by atoms with Crippen LogP contribution in [0.15, 0.2) is 11.6 Å². The Bertz CT molecular complexity index is 417. The third-order valence-corrected chi connectivity index (χ3v) is 5.30. The molecule has 1 aromatic rings. The van der Waals surface area contributed by atoms with Gasteiger partial charge in [0.1, 0.15) is 5.01 Å². The summed E-state index contributed by atoms with van der Waals surface area (Å²) in [7, 11) is 0. The largest absolute Gasteiger partial charge is 0.371 e. The molecule has 3 rings (SSSR count). The minimum absolute atomic E-state index is 0.0559. The third-order valence-electron chi connectivity index (χ3n) is 4.46. The van der Waals surface area contributed by atoms with E-state index in [-0.39, 0.29) is 11.6 Å². The van der Waals surface area contributed by atoms with Gasteiger partial charge in [-0.1, -0.05) is 20.8 Å². The summed E-state index contributed by atoms with van der Waals surface area (Å²) >= 11 is 1.74. The van der Waals surface area contributed by atoms with Crippen LogP contribution in [0.4, 0.5) is 0 Å². The smallest absolute Gasteiger partial charge is 0.112 e. The van der Waals surface area contributed by atoms with Gasteiger partial charge in [-0.25, -0.2) is 4.98 Å². The Balaban J connectivity index is 1.97.